The number of carbonyl (C=O) groups is 2. The molecule has 3 aromatic rings. The van der Waals surface area contributed by atoms with Gasteiger partial charge in [0.05, 0.1) is 11.7 Å². The van der Waals surface area contributed by atoms with Gasteiger partial charge in [-0.05, 0) is 39.7 Å². The van der Waals surface area contributed by atoms with Crippen molar-refractivity contribution in [2.75, 3.05) is 18.1 Å². The summed E-state index contributed by atoms with van der Waals surface area (Å²) in [4.78, 5) is 29.7. The standard InChI is InChI=1S/C21H17BrN2O4/c22-15-10-16(23-11-15)21(26)28-13-20(25)24-17-8-4-5-9-19(17)27-12-18(24)14-6-2-1-3-7-14/h1-11,18,23H,12-13H2/t18-/m0/s1. The van der Waals surface area contributed by atoms with Crippen molar-refractivity contribution in [3.63, 3.8) is 0 Å². The number of benzene rings is 2. The van der Waals surface area contributed by atoms with E-state index in [0.29, 0.717) is 18.0 Å². The number of amides is 1. The van der Waals surface area contributed by atoms with Crippen molar-refractivity contribution in [3.05, 3.63) is 82.6 Å². The Morgan fingerprint density at radius 3 is 2.64 bits per heavy atom. The molecule has 7 heteroatoms. The van der Waals surface area contributed by atoms with Crippen LogP contribution in [0, 0.1) is 0 Å². The number of halogens is 1. The zero-order valence-electron chi connectivity index (χ0n) is 14.8. The number of H-pyrrole nitrogens is 1. The fourth-order valence-corrected chi connectivity index (χ4v) is 3.52. The predicted octanol–water partition coefficient (Wildman–Crippen LogP) is 4.10. The highest BCUT2D eigenvalue weighted by molar-refractivity contribution is 9.10. The van der Waals surface area contributed by atoms with E-state index in [1.807, 2.05) is 54.6 Å². The van der Waals surface area contributed by atoms with Gasteiger partial charge < -0.3 is 14.5 Å². The van der Waals surface area contributed by atoms with Gasteiger partial charge in [0.2, 0.25) is 0 Å². The van der Waals surface area contributed by atoms with Crippen molar-refractivity contribution < 1.29 is 19.1 Å². The Kier molecular flexibility index (Phi) is 5.16. The normalized spacial score (nSPS) is 15.5. The molecule has 0 unspecified atom stereocenters. The second kappa shape index (κ2) is 7.90. The van der Waals surface area contributed by atoms with E-state index in [-0.39, 0.29) is 24.2 Å². The minimum absolute atomic E-state index is 0.279. The Bertz CT molecular complexity index is 1000. The second-order valence-electron chi connectivity index (χ2n) is 6.28. The molecular weight excluding hydrogens is 424 g/mol. The van der Waals surface area contributed by atoms with Gasteiger partial charge in [-0.1, -0.05) is 42.5 Å². The number of para-hydroxylation sites is 2. The summed E-state index contributed by atoms with van der Waals surface area (Å²) in [6.07, 6.45) is 1.63. The summed E-state index contributed by atoms with van der Waals surface area (Å²) in [7, 11) is 0. The summed E-state index contributed by atoms with van der Waals surface area (Å²) >= 11 is 3.27. The maximum absolute atomic E-state index is 13.1. The van der Waals surface area contributed by atoms with E-state index in [2.05, 4.69) is 20.9 Å². The van der Waals surface area contributed by atoms with Crippen molar-refractivity contribution >= 4 is 33.5 Å². The van der Waals surface area contributed by atoms with Gasteiger partial charge in [-0.3, -0.25) is 9.69 Å². The molecule has 28 heavy (non-hydrogen) atoms. The number of nitrogens with one attached hydrogen (secondary N) is 1. The molecule has 142 valence electrons. The molecule has 1 aromatic heterocycles. The predicted molar refractivity (Wildman–Crippen MR) is 107 cm³/mol. The maximum Gasteiger partial charge on any atom is 0.355 e. The van der Waals surface area contributed by atoms with Crippen LogP contribution in [-0.2, 0) is 9.53 Å². The molecule has 4 rings (SSSR count). The molecule has 0 fully saturated rings. The zero-order chi connectivity index (χ0) is 19.5. The van der Waals surface area contributed by atoms with Gasteiger partial charge in [0.1, 0.15) is 18.1 Å². The van der Waals surface area contributed by atoms with Crippen molar-refractivity contribution in [1.82, 2.24) is 4.98 Å². The number of ether oxygens (including phenoxy) is 2. The number of esters is 1. The molecule has 6 nitrogen and oxygen atoms in total. The molecule has 0 saturated heterocycles. The van der Waals surface area contributed by atoms with Crippen molar-refractivity contribution in [1.29, 1.82) is 0 Å². The van der Waals surface area contributed by atoms with E-state index in [0.717, 1.165) is 10.0 Å². The minimum Gasteiger partial charge on any atom is -0.489 e. The van der Waals surface area contributed by atoms with Crippen LogP contribution >= 0.6 is 15.9 Å². The van der Waals surface area contributed by atoms with E-state index in [1.54, 1.807) is 17.2 Å². The molecule has 2 heterocycles. The number of aromatic amines is 1. The van der Waals surface area contributed by atoms with Gasteiger partial charge in [-0.25, -0.2) is 4.79 Å². The first-order valence-electron chi connectivity index (χ1n) is 8.73. The first-order chi connectivity index (χ1) is 13.6. The first-order valence-corrected chi connectivity index (χ1v) is 9.52. The number of hydrogen-bond donors (Lipinski definition) is 1. The Balaban J connectivity index is 1.58. The molecule has 0 saturated carbocycles. The first kappa shape index (κ1) is 18.3. The van der Waals surface area contributed by atoms with Crippen LogP contribution in [0.4, 0.5) is 5.69 Å². The van der Waals surface area contributed by atoms with Crippen LogP contribution in [-0.4, -0.2) is 30.1 Å². The van der Waals surface area contributed by atoms with Crippen LogP contribution < -0.4 is 9.64 Å². The largest absolute Gasteiger partial charge is 0.489 e. The highest BCUT2D eigenvalue weighted by Gasteiger charge is 2.33. The Hall–Kier alpha value is -3.06. The van der Waals surface area contributed by atoms with Crippen LogP contribution in [0.25, 0.3) is 0 Å². The van der Waals surface area contributed by atoms with E-state index < -0.39 is 5.97 Å². The molecule has 1 N–H and O–H groups in total. The van der Waals surface area contributed by atoms with Crippen LogP contribution in [0.3, 0.4) is 0 Å². The third kappa shape index (κ3) is 3.66. The minimum atomic E-state index is -0.586. The Morgan fingerprint density at radius 1 is 1.14 bits per heavy atom. The molecule has 1 aliphatic rings. The van der Waals surface area contributed by atoms with Crippen molar-refractivity contribution in [2.45, 2.75) is 6.04 Å². The highest BCUT2D eigenvalue weighted by Crippen LogP contribution is 2.39. The summed E-state index contributed by atoms with van der Waals surface area (Å²) in [6, 6.07) is 18.3. The number of aromatic nitrogens is 1. The summed E-state index contributed by atoms with van der Waals surface area (Å²) in [5, 5.41) is 0. The fraction of sp³-hybridized carbons (Fsp3) is 0.143. The summed E-state index contributed by atoms with van der Waals surface area (Å²) in [5.74, 6) is -0.275. The monoisotopic (exact) mass is 440 g/mol. The number of nitrogens with zero attached hydrogens (tertiary/aromatic N) is 1. The lowest BCUT2D eigenvalue weighted by Crippen LogP contribution is -2.43. The lowest BCUT2D eigenvalue weighted by Gasteiger charge is -2.37. The molecular formula is C21H17BrN2O4. The summed E-state index contributed by atoms with van der Waals surface area (Å²) in [6.45, 7) is -0.0442. The van der Waals surface area contributed by atoms with E-state index in [9.17, 15) is 9.59 Å². The molecule has 0 spiro atoms. The van der Waals surface area contributed by atoms with E-state index in [4.69, 9.17) is 9.47 Å². The van der Waals surface area contributed by atoms with Crippen molar-refractivity contribution in [2.24, 2.45) is 0 Å². The fourth-order valence-electron chi connectivity index (χ4n) is 3.18. The molecule has 1 amide bonds. The Labute approximate surface area is 170 Å². The molecule has 2 aromatic carbocycles. The van der Waals surface area contributed by atoms with Gasteiger partial charge >= 0.3 is 5.97 Å². The van der Waals surface area contributed by atoms with Gasteiger partial charge in [-0.2, -0.15) is 0 Å². The summed E-state index contributed by atoms with van der Waals surface area (Å²) < 4.78 is 11.8. The smallest absolute Gasteiger partial charge is 0.355 e. The van der Waals surface area contributed by atoms with Crippen LogP contribution in [0.15, 0.2) is 71.3 Å². The lowest BCUT2D eigenvalue weighted by atomic mass is 10.0. The van der Waals surface area contributed by atoms with E-state index >= 15 is 0 Å². The number of carbonyl (C=O) groups excluding carboxylic acids is 2. The van der Waals surface area contributed by atoms with Gasteiger partial charge in [0.25, 0.3) is 5.91 Å². The number of anilines is 1. The van der Waals surface area contributed by atoms with Crippen LogP contribution in [0.2, 0.25) is 0 Å². The van der Waals surface area contributed by atoms with E-state index in [1.165, 1.54) is 0 Å². The number of rotatable bonds is 4. The SMILES string of the molecule is O=C(OCC(=O)N1c2ccccc2OC[C@H]1c1ccccc1)c1cc(Br)c[nH]1. The van der Waals surface area contributed by atoms with Gasteiger partial charge in [0, 0.05) is 10.7 Å². The lowest BCUT2D eigenvalue weighted by molar-refractivity contribution is -0.122. The van der Waals surface area contributed by atoms with Gasteiger partial charge in [0.15, 0.2) is 6.61 Å². The summed E-state index contributed by atoms with van der Waals surface area (Å²) in [5.41, 5.74) is 1.89. The molecule has 0 bridgehead atoms. The number of hydrogen-bond acceptors (Lipinski definition) is 4. The Morgan fingerprint density at radius 2 is 1.89 bits per heavy atom. The second-order valence-corrected chi connectivity index (χ2v) is 7.19. The molecule has 1 atom stereocenters. The van der Waals surface area contributed by atoms with Crippen molar-refractivity contribution in [3.8, 4) is 5.75 Å². The van der Waals surface area contributed by atoms with Crippen LogP contribution in [0.1, 0.15) is 22.1 Å². The topological polar surface area (TPSA) is 71.6 Å². The molecule has 1 aliphatic heterocycles. The average Bonchev–Trinajstić information content (AvgIpc) is 3.18. The zero-order valence-corrected chi connectivity index (χ0v) is 16.4. The van der Waals surface area contributed by atoms with Gasteiger partial charge in [-0.15, -0.1) is 0 Å². The molecule has 0 radical (unpaired) electrons. The highest BCUT2D eigenvalue weighted by atomic mass is 79.9. The average molecular weight is 441 g/mol. The van der Waals surface area contributed by atoms with Crippen LogP contribution in [0.5, 0.6) is 5.75 Å². The number of fused-ring (bicyclic) bond motifs is 1. The third-order valence-electron chi connectivity index (χ3n) is 4.48. The quantitative estimate of drug-likeness (QED) is 0.619. The third-order valence-corrected chi connectivity index (χ3v) is 4.94. The maximum atomic E-state index is 13.1. The molecule has 0 aliphatic carbocycles.